The van der Waals surface area contributed by atoms with Gasteiger partial charge in [-0.05, 0) is 37.1 Å². The second-order valence-corrected chi connectivity index (χ2v) is 9.59. The average Bonchev–Trinajstić information content (AvgIpc) is 3.73. The zero-order valence-corrected chi connectivity index (χ0v) is 20.6. The number of pyridine rings is 4. The molecule has 6 aromatic rings. The molecule has 6 heterocycles. The van der Waals surface area contributed by atoms with Crippen LogP contribution in [0.3, 0.4) is 0 Å². The Morgan fingerprint density at radius 2 is 1.74 bits per heavy atom. The Balaban J connectivity index is 1.28. The molecule has 0 unspecified atom stereocenters. The molecule has 10 nitrogen and oxygen atoms in total. The smallest absolute Gasteiger partial charge is 0.227 e. The molecule has 0 saturated heterocycles. The number of nitrogens with zero attached hydrogens (tertiary/aromatic N) is 6. The van der Waals surface area contributed by atoms with Gasteiger partial charge in [0.25, 0.3) is 0 Å². The summed E-state index contributed by atoms with van der Waals surface area (Å²) in [4.78, 5) is 37.7. The Labute approximate surface area is 221 Å². The van der Waals surface area contributed by atoms with E-state index in [0.717, 1.165) is 36.8 Å². The molecule has 3 N–H and O–H groups in total. The van der Waals surface area contributed by atoms with Crippen molar-refractivity contribution in [2.45, 2.75) is 25.7 Å². The van der Waals surface area contributed by atoms with Gasteiger partial charge in [-0.1, -0.05) is 12.8 Å². The monoisotopic (exact) mass is 519 g/mol. The van der Waals surface area contributed by atoms with E-state index >= 15 is 4.39 Å². The molecule has 0 radical (unpaired) electrons. The molecule has 1 fully saturated rings. The van der Waals surface area contributed by atoms with Gasteiger partial charge in [0, 0.05) is 41.8 Å². The summed E-state index contributed by atoms with van der Waals surface area (Å²) in [7, 11) is 0. The average molecular weight is 520 g/mol. The number of halogens is 1. The number of hydrogen-bond acceptors (Lipinski definition) is 7. The van der Waals surface area contributed by atoms with Crippen LogP contribution in [-0.2, 0) is 4.79 Å². The first-order valence-corrected chi connectivity index (χ1v) is 12.7. The molecule has 192 valence electrons. The fraction of sp³-hybridized carbons (Fsp3) is 0.179. The van der Waals surface area contributed by atoms with Gasteiger partial charge in [-0.3, -0.25) is 29.8 Å². The van der Waals surface area contributed by atoms with Crippen molar-refractivity contribution in [1.29, 1.82) is 0 Å². The first-order chi connectivity index (χ1) is 19.2. The Hall–Kier alpha value is -5.06. The number of fused-ring (bicyclic) bond motifs is 2. The number of carbonyl (C=O) groups is 1. The largest absolute Gasteiger partial charge is 0.336 e. The van der Waals surface area contributed by atoms with E-state index in [4.69, 9.17) is 4.98 Å². The molecule has 0 spiro atoms. The van der Waals surface area contributed by atoms with E-state index in [9.17, 15) is 4.79 Å². The number of anilines is 1. The fourth-order valence-corrected chi connectivity index (χ4v) is 5.19. The fourth-order valence-electron chi connectivity index (χ4n) is 5.19. The van der Waals surface area contributed by atoms with E-state index in [-0.39, 0.29) is 22.9 Å². The van der Waals surface area contributed by atoms with Gasteiger partial charge in [-0.2, -0.15) is 5.10 Å². The Kier molecular flexibility index (Phi) is 5.54. The standard InChI is InChI=1S/C28H22FN9O/c29-22-21-20(14-33-23(22)17-11-18(13-31-12-17)34-28(39)16-3-1-2-4-16)37-38-26(21)27-35-19-7-10-32-24(25(19)36-27)15-5-8-30-9-6-15/h5-14,16H,1-4H2,(H,34,39)(H,35,36)(H,37,38). The number of nitrogens with one attached hydrogen (secondary N) is 3. The molecule has 39 heavy (non-hydrogen) atoms. The molecule has 1 amide bonds. The van der Waals surface area contributed by atoms with Crippen molar-refractivity contribution in [3.8, 4) is 34.0 Å². The highest BCUT2D eigenvalue weighted by atomic mass is 19.1. The molecule has 0 atom stereocenters. The van der Waals surface area contributed by atoms with Gasteiger partial charge in [0.2, 0.25) is 5.91 Å². The summed E-state index contributed by atoms with van der Waals surface area (Å²) < 4.78 is 16.1. The van der Waals surface area contributed by atoms with Crippen LogP contribution in [0.15, 0.2) is 61.4 Å². The van der Waals surface area contributed by atoms with Crippen molar-refractivity contribution in [1.82, 2.24) is 40.1 Å². The number of aromatic amines is 2. The normalized spacial score (nSPS) is 13.9. The summed E-state index contributed by atoms with van der Waals surface area (Å²) in [6.07, 6.45) is 13.6. The minimum absolute atomic E-state index is 0.00596. The van der Waals surface area contributed by atoms with E-state index < -0.39 is 5.82 Å². The van der Waals surface area contributed by atoms with Crippen molar-refractivity contribution < 1.29 is 9.18 Å². The molecule has 7 rings (SSSR count). The lowest BCUT2D eigenvalue weighted by atomic mass is 10.1. The quantitative estimate of drug-likeness (QED) is 0.281. The summed E-state index contributed by atoms with van der Waals surface area (Å²) >= 11 is 0. The number of H-pyrrole nitrogens is 2. The third kappa shape index (κ3) is 4.08. The summed E-state index contributed by atoms with van der Waals surface area (Å²) in [6.45, 7) is 0. The second-order valence-electron chi connectivity index (χ2n) is 9.59. The van der Waals surface area contributed by atoms with Crippen molar-refractivity contribution in [3.63, 3.8) is 0 Å². The van der Waals surface area contributed by atoms with Crippen molar-refractivity contribution >= 4 is 33.5 Å². The van der Waals surface area contributed by atoms with E-state index in [1.165, 1.54) is 12.4 Å². The van der Waals surface area contributed by atoms with Crippen molar-refractivity contribution in [2.75, 3.05) is 5.32 Å². The predicted molar refractivity (Wildman–Crippen MR) is 144 cm³/mol. The number of rotatable bonds is 5. The van der Waals surface area contributed by atoms with Crippen LogP contribution in [0.25, 0.3) is 56.0 Å². The Morgan fingerprint density at radius 1 is 0.897 bits per heavy atom. The van der Waals surface area contributed by atoms with Crippen LogP contribution in [0, 0.1) is 11.7 Å². The lowest BCUT2D eigenvalue weighted by Gasteiger charge is -2.11. The maximum atomic E-state index is 16.1. The number of aromatic nitrogens is 8. The van der Waals surface area contributed by atoms with E-state index in [2.05, 4.69) is 40.4 Å². The van der Waals surface area contributed by atoms with Gasteiger partial charge < -0.3 is 10.3 Å². The van der Waals surface area contributed by atoms with Crippen LogP contribution >= 0.6 is 0 Å². The van der Waals surface area contributed by atoms with Crippen molar-refractivity contribution in [3.05, 3.63) is 67.3 Å². The SMILES string of the molecule is O=C(Nc1cncc(-c2ncc3[nH]nc(-c4nc5c(-c6ccncc6)nccc5[nH]4)c3c2F)c1)C1CCCC1. The van der Waals surface area contributed by atoms with Crippen LogP contribution in [-0.4, -0.2) is 46.0 Å². The molecular formula is C28H22FN9O. The minimum Gasteiger partial charge on any atom is -0.336 e. The maximum absolute atomic E-state index is 16.1. The number of amides is 1. The van der Waals surface area contributed by atoms with E-state index in [1.807, 2.05) is 18.2 Å². The molecule has 0 bridgehead atoms. The summed E-state index contributed by atoms with van der Waals surface area (Å²) in [5.41, 5.74) is 4.73. The summed E-state index contributed by atoms with van der Waals surface area (Å²) in [5, 5.41) is 10.4. The summed E-state index contributed by atoms with van der Waals surface area (Å²) in [6, 6.07) is 7.21. The predicted octanol–water partition coefficient (Wildman–Crippen LogP) is 5.29. The number of carbonyl (C=O) groups excluding carboxylic acids is 1. The highest BCUT2D eigenvalue weighted by molar-refractivity contribution is 5.97. The van der Waals surface area contributed by atoms with Crippen molar-refractivity contribution in [2.24, 2.45) is 5.92 Å². The van der Waals surface area contributed by atoms with Crippen LogP contribution in [0.2, 0.25) is 0 Å². The number of imidazole rings is 1. The second kappa shape index (κ2) is 9.35. The first-order valence-electron chi connectivity index (χ1n) is 12.7. The molecule has 1 saturated carbocycles. The lowest BCUT2D eigenvalue weighted by Crippen LogP contribution is -2.20. The van der Waals surface area contributed by atoms with Gasteiger partial charge in [0.1, 0.15) is 16.9 Å². The van der Waals surface area contributed by atoms with Gasteiger partial charge >= 0.3 is 0 Å². The van der Waals surface area contributed by atoms with Gasteiger partial charge in [-0.25, -0.2) is 9.37 Å². The van der Waals surface area contributed by atoms with Gasteiger partial charge in [0.15, 0.2) is 11.6 Å². The lowest BCUT2D eigenvalue weighted by molar-refractivity contribution is -0.119. The van der Waals surface area contributed by atoms with Gasteiger partial charge in [0.05, 0.1) is 40.2 Å². The van der Waals surface area contributed by atoms with E-state index in [0.29, 0.717) is 39.5 Å². The topological polar surface area (TPSA) is 138 Å². The van der Waals surface area contributed by atoms with Crippen LogP contribution in [0.4, 0.5) is 10.1 Å². The molecule has 6 aromatic heterocycles. The zero-order valence-electron chi connectivity index (χ0n) is 20.6. The third-order valence-electron chi connectivity index (χ3n) is 7.13. The molecule has 0 aromatic carbocycles. The number of hydrogen-bond donors (Lipinski definition) is 3. The first kappa shape index (κ1) is 23.1. The molecular weight excluding hydrogens is 497 g/mol. The van der Waals surface area contributed by atoms with E-state index in [1.54, 1.807) is 30.9 Å². The molecule has 1 aliphatic carbocycles. The highest BCUT2D eigenvalue weighted by Crippen LogP contribution is 2.34. The molecule has 11 heteroatoms. The molecule has 0 aliphatic heterocycles. The third-order valence-corrected chi connectivity index (χ3v) is 7.13. The molecule has 1 aliphatic rings. The maximum Gasteiger partial charge on any atom is 0.227 e. The van der Waals surface area contributed by atoms with Crippen LogP contribution in [0.1, 0.15) is 25.7 Å². The zero-order chi connectivity index (χ0) is 26.3. The van der Waals surface area contributed by atoms with Crippen LogP contribution in [0.5, 0.6) is 0 Å². The Morgan fingerprint density at radius 3 is 2.59 bits per heavy atom. The Bertz CT molecular complexity index is 1840. The van der Waals surface area contributed by atoms with Gasteiger partial charge in [-0.15, -0.1) is 0 Å². The highest BCUT2D eigenvalue weighted by Gasteiger charge is 2.24. The summed E-state index contributed by atoms with van der Waals surface area (Å²) in [5.74, 6) is -0.194. The van der Waals surface area contributed by atoms with Crippen LogP contribution < -0.4 is 5.32 Å². The minimum atomic E-state index is -0.565.